The van der Waals surface area contributed by atoms with Crippen LogP contribution >= 0.6 is 11.6 Å². The van der Waals surface area contributed by atoms with E-state index < -0.39 is 10.0 Å². The van der Waals surface area contributed by atoms with Crippen molar-refractivity contribution in [1.29, 1.82) is 0 Å². The Morgan fingerprint density at radius 3 is 2.58 bits per heavy atom. The molecule has 0 radical (unpaired) electrons. The van der Waals surface area contributed by atoms with Crippen LogP contribution in [0.3, 0.4) is 0 Å². The molecule has 1 aromatic heterocycles. The summed E-state index contributed by atoms with van der Waals surface area (Å²) in [4.78, 5) is 4.13. The van der Waals surface area contributed by atoms with E-state index in [1.54, 1.807) is 12.1 Å². The minimum absolute atomic E-state index is 0.274. The van der Waals surface area contributed by atoms with Crippen LogP contribution in [-0.2, 0) is 10.0 Å². The lowest BCUT2D eigenvalue weighted by molar-refractivity contribution is 0.248. The second-order valence-electron chi connectivity index (χ2n) is 5.73. The highest BCUT2D eigenvalue weighted by Crippen LogP contribution is 2.39. The maximum absolute atomic E-state index is 11.9. The van der Waals surface area contributed by atoms with E-state index in [0.717, 1.165) is 10.2 Å². The highest BCUT2D eigenvalue weighted by molar-refractivity contribution is 7.89. The third-order valence-electron chi connectivity index (χ3n) is 3.09. The number of hydrogen-bond donors (Lipinski definition) is 0. The zero-order chi connectivity index (χ0) is 17.9. The van der Waals surface area contributed by atoms with Gasteiger partial charge in [0.1, 0.15) is 0 Å². The summed E-state index contributed by atoms with van der Waals surface area (Å²) in [6.45, 7) is 6.84. The molecule has 8 heteroatoms. The molecule has 0 unspecified atom stereocenters. The van der Waals surface area contributed by atoms with Crippen molar-refractivity contribution in [3.05, 3.63) is 29.5 Å². The summed E-state index contributed by atoms with van der Waals surface area (Å²) in [5.41, 5.74) is 0.538. The number of hydrogen-bond acceptors (Lipinski definition) is 5. The monoisotopic (exact) mass is 372 g/mol. The van der Waals surface area contributed by atoms with E-state index in [-0.39, 0.29) is 5.82 Å². The summed E-state index contributed by atoms with van der Waals surface area (Å²) in [6, 6.07) is 3.32. The summed E-state index contributed by atoms with van der Waals surface area (Å²) < 4.78 is 36.2. The quantitative estimate of drug-likeness (QED) is 0.744. The van der Waals surface area contributed by atoms with E-state index in [9.17, 15) is 8.42 Å². The van der Waals surface area contributed by atoms with Crippen LogP contribution in [0, 0.1) is 5.92 Å². The van der Waals surface area contributed by atoms with Gasteiger partial charge in [-0.15, -0.1) is 0 Å². The third-order valence-corrected chi connectivity index (χ3v) is 4.38. The van der Waals surface area contributed by atoms with Crippen LogP contribution in [0.2, 0.25) is 5.02 Å². The van der Waals surface area contributed by atoms with Crippen molar-refractivity contribution in [2.45, 2.75) is 20.8 Å². The molecular formula is C16H21ClN2O4S. The number of nitrogens with zero attached hydrogens (tertiary/aromatic N) is 2. The van der Waals surface area contributed by atoms with E-state index >= 15 is 0 Å². The lowest BCUT2D eigenvalue weighted by Crippen LogP contribution is -2.11. The fourth-order valence-electron chi connectivity index (χ4n) is 2.11. The van der Waals surface area contributed by atoms with Gasteiger partial charge in [-0.1, -0.05) is 25.4 Å². The Morgan fingerprint density at radius 2 is 2.00 bits per heavy atom. The molecule has 6 nitrogen and oxygen atoms in total. The smallest absolute Gasteiger partial charge is 0.237 e. The summed E-state index contributed by atoms with van der Waals surface area (Å²) in [6.07, 6.45) is 3.93. The van der Waals surface area contributed by atoms with E-state index in [0.29, 0.717) is 41.2 Å². The fourth-order valence-corrected chi connectivity index (χ4v) is 3.12. The van der Waals surface area contributed by atoms with Gasteiger partial charge in [-0.2, -0.15) is 0 Å². The summed E-state index contributed by atoms with van der Waals surface area (Å²) >= 11 is 6.35. The molecule has 0 aliphatic rings. The number of aromatic nitrogens is 2. The summed E-state index contributed by atoms with van der Waals surface area (Å²) in [7, 11) is -3.47. The van der Waals surface area contributed by atoms with Crippen LogP contribution in [0.4, 0.5) is 0 Å². The van der Waals surface area contributed by atoms with Crippen LogP contribution in [0.15, 0.2) is 24.5 Å². The van der Waals surface area contributed by atoms with Crippen LogP contribution < -0.4 is 9.47 Å². The SMILES string of the molecule is CCOc1cc(-c2nccn2S(C)(=O)=O)cc(Cl)c1OCC(C)C. The first kappa shape index (κ1) is 18.6. The molecule has 0 atom stereocenters. The molecule has 132 valence electrons. The van der Waals surface area contributed by atoms with Crippen molar-refractivity contribution in [2.24, 2.45) is 5.92 Å². The van der Waals surface area contributed by atoms with Gasteiger partial charge in [0, 0.05) is 18.0 Å². The van der Waals surface area contributed by atoms with Gasteiger partial charge in [-0.05, 0) is 25.0 Å². The molecule has 0 saturated carbocycles. The maximum atomic E-state index is 11.9. The van der Waals surface area contributed by atoms with Crippen molar-refractivity contribution < 1.29 is 17.9 Å². The van der Waals surface area contributed by atoms with Crippen LogP contribution in [-0.4, -0.2) is 36.8 Å². The average molecular weight is 373 g/mol. The van der Waals surface area contributed by atoms with E-state index in [1.165, 1.54) is 12.4 Å². The topological polar surface area (TPSA) is 70.4 Å². The standard InChI is InChI=1S/C16H21ClN2O4S/c1-5-22-14-9-12(8-13(17)15(14)23-10-11(2)3)16-18-6-7-19(16)24(4,20)21/h6-9,11H,5,10H2,1-4H3. The Bertz CT molecular complexity index is 815. The number of halogens is 1. The molecule has 1 heterocycles. The van der Waals surface area contributed by atoms with E-state index in [4.69, 9.17) is 21.1 Å². The molecule has 0 bridgehead atoms. The molecule has 0 amide bonds. The first-order valence-corrected chi connectivity index (χ1v) is 9.80. The summed E-state index contributed by atoms with van der Waals surface area (Å²) in [5.74, 6) is 1.52. The normalized spacial score (nSPS) is 11.8. The second-order valence-corrected chi connectivity index (χ2v) is 8.00. The molecule has 2 aromatic rings. The lowest BCUT2D eigenvalue weighted by atomic mass is 10.2. The van der Waals surface area contributed by atoms with Gasteiger partial charge >= 0.3 is 0 Å². The molecule has 0 aliphatic heterocycles. The van der Waals surface area contributed by atoms with Crippen LogP contribution in [0.1, 0.15) is 20.8 Å². The fraction of sp³-hybridized carbons (Fsp3) is 0.438. The second kappa shape index (κ2) is 7.44. The number of ether oxygens (including phenoxy) is 2. The molecule has 0 saturated heterocycles. The molecule has 0 spiro atoms. The maximum Gasteiger partial charge on any atom is 0.237 e. The van der Waals surface area contributed by atoms with Crippen molar-refractivity contribution in [3.63, 3.8) is 0 Å². The summed E-state index contributed by atoms with van der Waals surface area (Å²) in [5, 5.41) is 0.347. The molecule has 1 aromatic carbocycles. The lowest BCUT2D eigenvalue weighted by Gasteiger charge is -2.16. The first-order chi connectivity index (χ1) is 11.2. The van der Waals surface area contributed by atoms with E-state index in [2.05, 4.69) is 4.98 Å². The predicted molar refractivity (Wildman–Crippen MR) is 94.4 cm³/mol. The van der Waals surface area contributed by atoms with Gasteiger partial charge in [0.05, 0.1) is 24.5 Å². The van der Waals surface area contributed by atoms with Crippen molar-refractivity contribution in [3.8, 4) is 22.9 Å². The molecule has 2 rings (SSSR count). The molecule has 0 N–H and O–H groups in total. The van der Waals surface area contributed by atoms with Gasteiger partial charge in [0.15, 0.2) is 17.3 Å². The van der Waals surface area contributed by atoms with Crippen molar-refractivity contribution in [1.82, 2.24) is 8.96 Å². The minimum Gasteiger partial charge on any atom is -0.490 e. The largest absolute Gasteiger partial charge is 0.490 e. The van der Waals surface area contributed by atoms with Crippen molar-refractivity contribution in [2.75, 3.05) is 19.5 Å². The first-order valence-electron chi connectivity index (χ1n) is 7.57. The highest BCUT2D eigenvalue weighted by atomic mass is 35.5. The van der Waals surface area contributed by atoms with Crippen LogP contribution in [0.5, 0.6) is 11.5 Å². The molecule has 0 fully saturated rings. The Labute approximate surface area is 147 Å². The van der Waals surface area contributed by atoms with Crippen molar-refractivity contribution >= 4 is 21.6 Å². The Kier molecular flexibility index (Phi) is 5.77. The molecular weight excluding hydrogens is 352 g/mol. The number of benzene rings is 1. The Hall–Kier alpha value is -1.73. The number of imidazole rings is 1. The zero-order valence-corrected chi connectivity index (χ0v) is 15.7. The molecule has 0 aliphatic carbocycles. The zero-order valence-electron chi connectivity index (χ0n) is 14.1. The van der Waals surface area contributed by atoms with Gasteiger partial charge in [0.25, 0.3) is 0 Å². The van der Waals surface area contributed by atoms with Gasteiger partial charge in [-0.25, -0.2) is 17.4 Å². The number of rotatable bonds is 7. The van der Waals surface area contributed by atoms with E-state index in [1.807, 2.05) is 20.8 Å². The Morgan fingerprint density at radius 1 is 1.29 bits per heavy atom. The third kappa shape index (κ3) is 4.21. The van der Waals surface area contributed by atoms with Gasteiger partial charge < -0.3 is 9.47 Å². The predicted octanol–water partition coefficient (Wildman–Crippen LogP) is 3.44. The van der Waals surface area contributed by atoms with Crippen LogP contribution in [0.25, 0.3) is 11.4 Å². The van der Waals surface area contributed by atoms with Gasteiger partial charge in [0.2, 0.25) is 10.0 Å². The highest BCUT2D eigenvalue weighted by Gasteiger charge is 2.19. The average Bonchev–Trinajstić information content (AvgIpc) is 2.95. The Balaban J connectivity index is 2.52. The molecule has 24 heavy (non-hydrogen) atoms. The minimum atomic E-state index is -3.47. The van der Waals surface area contributed by atoms with Gasteiger partial charge in [-0.3, -0.25) is 0 Å².